The minimum atomic E-state index is 0.332. The van der Waals surface area contributed by atoms with Crippen molar-refractivity contribution in [3.63, 3.8) is 0 Å². The Hall–Kier alpha value is -1.02. The molecule has 17 heavy (non-hydrogen) atoms. The molecule has 1 aliphatic rings. The molecule has 1 heterocycles. The molecule has 1 aliphatic heterocycles. The molecule has 1 saturated heterocycles. The van der Waals surface area contributed by atoms with Crippen molar-refractivity contribution in [2.45, 2.75) is 45.1 Å². The highest BCUT2D eigenvalue weighted by Gasteiger charge is 2.15. The van der Waals surface area contributed by atoms with Gasteiger partial charge in [-0.1, -0.05) is 26.0 Å². The molecule has 2 nitrogen and oxygen atoms in total. The van der Waals surface area contributed by atoms with E-state index in [2.05, 4.69) is 38.1 Å². The van der Waals surface area contributed by atoms with Crippen LogP contribution in [0.2, 0.25) is 0 Å². The first-order valence-corrected chi connectivity index (χ1v) is 6.64. The van der Waals surface area contributed by atoms with Crippen LogP contribution in [0.15, 0.2) is 24.3 Å². The van der Waals surface area contributed by atoms with Crippen LogP contribution in [0.4, 0.5) is 0 Å². The molecular weight excluding hydrogens is 212 g/mol. The second kappa shape index (κ2) is 6.06. The highest BCUT2D eigenvalue weighted by Crippen LogP contribution is 2.23. The molecule has 0 amide bonds. The van der Waals surface area contributed by atoms with Crippen molar-refractivity contribution in [3.05, 3.63) is 29.8 Å². The van der Waals surface area contributed by atoms with Gasteiger partial charge in [0, 0.05) is 12.8 Å². The van der Waals surface area contributed by atoms with E-state index in [0.717, 1.165) is 31.8 Å². The van der Waals surface area contributed by atoms with Crippen molar-refractivity contribution in [2.75, 3.05) is 13.2 Å². The van der Waals surface area contributed by atoms with E-state index in [-0.39, 0.29) is 0 Å². The summed E-state index contributed by atoms with van der Waals surface area (Å²) < 4.78 is 11.3. The smallest absolute Gasteiger partial charge is 0.119 e. The van der Waals surface area contributed by atoms with Gasteiger partial charge in [-0.3, -0.25) is 0 Å². The number of rotatable bonds is 4. The maximum Gasteiger partial charge on any atom is 0.119 e. The average Bonchev–Trinajstić information content (AvgIpc) is 2.40. The highest BCUT2D eigenvalue weighted by atomic mass is 16.5. The van der Waals surface area contributed by atoms with Crippen LogP contribution in [-0.4, -0.2) is 19.3 Å². The van der Waals surface area contributed by atoms with Crippen molar-refractivity contribution in [1.82, 2.24) is 0 Å². The Balaban J connectivity index is 1.93. The summed E-state index contributed by atoms with van der Waals surface area (Å²) in [6.07, 6.45) is 3.53. The molecule has 1 unspecified atom stereocenters. The quantitative estimate of drug-likeness (QED) is 0.789. The van der Waals surface area contributed by atoms with Gasteiger partial charge < -0.3 is 9.47 Å². The third-order valence-corrected chi connectivity index (χ3v) is 3.53. The minimum Gasteiger partial charge on any atom is -0.490 e. The Morgan fingerprint density at radius 2 is 1.88 bits per heavy atom. The Morgan fingerprint density at radius 3 is 2.47 bits per heavy atom. The summed E-state index contributed by atoms with van der Waals surface area (Å²) in [5.74, 6) is 1.62. The molecule has 94 valence electrons. The maximum absolute atomic E-state index is 5.94. The molecule has 1 atom stereocenters. The van der Waals surface area contributed by atoms with Crippen molar-refractivity contribution < 1.29 is 9.47 Å². The molecular formula is C15H22O2. The highest BCUT2D eigenvalue weighted by molar-refractivity contribution is 5.29. The van der Waals surface area contributed by atoms with E-state index in [4.69, 9.17) is 9.47 Å². The van der Waals surface area contributed by atoms with Crippen LogP contribution < -0.4 is 4.74 Å². The van der Waals surface area contributed by atoms with E-state index in [9.17, 15) is 0 Å². The summed E-state index contributed by atoms with van der Waals surface area (Å²) in [7, 11) is 0. The summed E-state index contributed by atoms with van der Waals surface area (Å²) in [4.78, 5) is 0. The maximum atomic E-state index is 5.94. The third kappa shape index (κ3) is 3.47. The number of ether oxygens (including phenoxy) is 2. The summed E-state index contributed by atoms with van der Waals surface area (Å²) in [6.45, 7) is 6.14. The lowest BCUT2D eigenvalue weighted by Crippen LogP contribution is -2.25. The van der Waals surface area contributed by atoms with Gasteiger partial charge in [-0.15, -0.1) is 0 Å². The number of hydrogen-bond donors (Lipinski definition) is 0. The second-order valence-corrected chi connectivity index (χ2v) is 4.81. The van der Waals surface area contributed by atoms with Crippen LogP contribution >= 0.6 is 0 Å². The van der Waals surface area contributed by atoms with Gasteiger partial charge in [0.25, 0.3) is 0 Å². The average molecular weight is 234 g/mol. The van der Waals surface area contributed by atoms with Gasteiger partial charge in [0.1, 0.15) is 11.9 Å². The second-order valence-electron chi connectivity index (χ2n) is 4.81. The molecule has 2 heteroatoms. The zero-order valence-electron chi connectivity index (χ0n) is 10.8. The molecule has 1 aromatic carbocycles. The van der Waals surface area contributed by atoms with Crippen molar-refractivity contribution in [1.29, 1.82) is 0 Å². The van der Waals surface area contributed by atoms with Crippen molar-refractivity contribution in [3.8, 4) is 5.75 Å². The molecule has 0 bridgehead atoms. The molecule has 0 spiro atoms. The van der Waals surface area contributed by atoms with Gasteiger partial charge >= 0.3 is 0 Å². The predicted molar refractivity (Wildman–Crippen MR) is 69.6 cm³/mol. The Labute approximate surface area is 104 Å². The minimum absolute atomic E-state index is 0.332. The topological polar surface area (TPSA) is 18.5 Å². The van der Waals surface area contributed by atoms with Gasteiger partial charge in [0.2, 0.25) is 0 Å². The number of hydrogen-bond acceptors (Lipinski definition) is 2. The summed E-state index contributed by atoms with van der Waals surface area (Å²) in [5, 5.41) is 0. The summed E-state index contributed by atoms with van der Waals surface area (Å²) in [6, 6.07) is 8.56. The Kier molecular flexibility index (Phi) is 4.43. The van der Waals surface area contributed by atoms with Gasteiger partial charge in [0.05, 0.1) is 13.2 Å². The summed E-state index contributed by atoms with van der Waals surface area (Å²) in [5.41, 5.74) is 1.40. The zero-order valence-corrected chi connectivity index (χ0v) is 10.8. The molecule has 0 N–H and O–H groups in total. The fraction of sp³-hybridized carbons (Fsp3) is 0.600. The zero-order chi connectivity index (χ0) is 12.1. The fourth-order valence-corrected chi connectivity index (χ4v) is 2.10. The first kappa shape index (κ1) is 12.4. The largest absolute Gasteiger partial charge is 0.490 e. The first-order chi connectivity index (χ1) is 8.29. The Bertz CT molecular complexity index is 325. The molecule has 1 fully saturated rings. The molecule has 0 saturated carbocycles. The first-order valence-electron chi connectivity index (χ1n) is 6.64. The van der Waals surface area contributed by atoms with E-state index in [1.54, 1.807) is 0 Å². The van der Waals surface area contributed by atoms with Crippen molar-refractivity contribution in [2.24, 2.45) is 0 Å². The van der Waals surface area contributed by atoms with Gasteiger partial charge in [-0.05, 0) is 30.0 Å². The van der Waals surface area contributed by atoms with Crippen LogP contribution in [0.1, 0.15) is 44.6 Å². The van der Waals surface area contributed by atoms with E-state index >= 15 is 0 Å². The van der Waals surface area contributed by atoms with Crippen LogP contribution in [0.5, 0.6) is 5.75 Å². The number of benzene rings is 1. The van der Waals surface area contributed by atoms with Crippen LogP contribution in [-0.2, 0) is 4.74 Å². The van der Waals surface area contributed by atoms with Gasteiger partial charge in [0.15, 0.2) is 0 Å². The standard InChI is InChI=1S/C15H22O2/c1-3-12(2)13-4-6-14(7-5-13)17-15-8-10-16-11-9-15/h4-7,12,15H,3,8-11H2,1-2H3. The SMILES string of the molecule is CCC(C)c1ccc(OC2CCOCC2)cc1. The lowest BCUT2D eigenvalue weighted by atomic mass is 9.99. The van der Waals surface area contributed by atoms with Crippen LogP contribution in [0, 0.1) is 0 Å². The lowest BCUT2D eigenvalue weighted by Gasteiger charge is -2.23. The monoisotopic (exact) mass is 234 g/mol. The van der Waals surface area contributed by atoms with E-state index < -0.39 is 0 Å². The van der Waals surface area contributed by atoms with Crippen molar-refractivity contribution >= 4 is 0 Å². The molecule has 0 aliphatic carbocycles. The fourth-order valence-electron chi connectivity index (χ4n) is 2.10. The lowest BCUT2D eigenvalue weighted by molar-refractivity contribution is 0.0255. The molecule has 2 rings (SSSR count). The van der Waals surface area contributed by atoms with E-state index in [0.29, 0.717) is 12.0 Å². The van der Waals surface area contributed by atoms with Crippen LogP contribution in [0.25, 0.3) is 0 Å². The molecule has 1 aromatic rings. The molecule has 0 radical (unpaired) electrons. The normalized spacial score (nSPS) is 18.9. The van der Waals surface area contributed by atoms with Gasteiger partial charge in [-0.25, -0.2) is 0 Å². The third-order valence-electron chi connectivity index (χ3n) is 3.53. The van der Waals surface area contributed by atoms with Crippen LogP contribution in [0.3, 0.4) is 0 Å². The van der Waals surface area contributed by atoms with E-state index in [1.807, 2.05) is 0 Å². The Morgan fingerprint density at radius 1 is 1.24 bits per heavy atom. The van der Waals surface area contributed by atoms with Gasteiger partial charge in [-0.2, -0.15) is 0 Å². The van der Waals surface area contributed by atoms with E-state index in [1.165, 1.54) is 12.0 Å². The predicted octanol–water partition coefficient (Wildman–Crippen LogP) is 3.76. The molecule has 0 aromatic heterocycles. The summed E-state index contributed by atoms with van der Waals surface area (Å²) >= 11 is 0.